The maximum atomic E-state index is 12.5. The van der Waals surface area contributed by atoms with Crippen LogP contribution in [-0.2, 0) is 17.8 Å². The van der Waals surface area contributed by atoms with E-state index in [1.165, 1.54) is 16.5 Å². The zero-order chi connectivity index (χ0) is 17.4. The molecule has 0 bridgehead atoms. The number of fused-ring (bicyclic) bond motifs is 2. The Morgan fingerprint density at radius 3 is 3.12 bits per heavy atom. The normalized spacial score (nSPS) is 16.6. The Balaban J connectivity index is 1.55. The van der Waals surface area contributed by atoms with Gasteiger partial charge in [-0.25, -0.2) is 4.98 Å². The molecule has 2 heterocycles. The first kappa shape index (κ1) is 15.6. The maximum absolute atomic E-state index is 12.5. The minimum absolute atomic E-state index is 0.0119. The van der Waals surface area contributed by atoms with Gasteiger partial charge in [-0.3, -0.25) is 14.2 Å². The van der Waals surface area contributed by atoms with Gasteiger partial charge in [0.25, 0.3) is 11.3 Å². The summed E-state index contributed by atoms with van der Waals surface area (Å²) in [6, 6.07) is 8.15. The van der Waals surface area contributed by atoms with Gasteiger partial charge >= 0.3 is 0 Å². The molecule has 7 heteroatoms. The van der Waals surface area contributed by atoms with E-state index >= 15 is 0 Å². The number of rotatable bonds is 3. The first-order valence-corrected chi connectivity index (χ1v) is 8.32. The molecular formula is C18H18N4O3. The van der Waals surface area contributed by atoms with Crippen LogP contribution in [0, 0.1) is 6.92 Å². The Morgan fingerprint density at radius 2 is 2.24 bits per heavy atom. The van der Waals surface area contributed by atoms with Crippen molar-refractivity contribution >= 4 is 17.0 Å². The summed E-state index contributed by atoms with van der Waals surface area (Å²) in [5, 5.41) is 7.10. The third-order valence-corrected chi connectivity index (χ3v) is 4.65. The quantitative estimate of drug-likeness (QED) is 0.787. The minimum Gasteiger partial charge on any atom is -0.348 e. The van der Waals surface area contributed by atoms with Crippen LogP contribution >= 0.6 is 0 Å². The Hall–Kier alpha value is -2.96. The van der Waals surface area contributed by atoms with E-state index in [-0.39, 0.29) is 29.8 Å². The molecule has 7 nitrogen and oxygen atoms in total. The van der Waals surface area contributed by atoms with Crippen LogP contribution in [0.4, 0.5) is 0 Å². The van der Waals surface area contributed by atoms with Crippen molar-refractivity contribution < 1.29 is 9.32 Å². The van der Waals surface area contributed by atoms with Gasteiger partial charge in [-0.15, -0.1) is 0 Å². The summed E-state index contributed by atoms with van der Waals surface area (Å²) in [5.41, 5.74) is 2.80. The second kappa shape index (κ2) is 6.16. The van der Waals surface area contributed by atoms with E-state index < -0.39 is 0 Å². The lowest BCUT2D eigenvalue weighted by molar-refractivity contribution is -0.122. The number of carbonyl (C=O) groups excluding carboxylic acids is 1. The summed E-state index contributed by atoms with van der Waals surface area (Å²) in [4.78, 5) is 29.0. The Morgan fingerprint density at radius 1 is 1.40 bits per heavy atom. The van der Waals surface area contributed by atoms with Crippen molar-refractivity contribution in [1.29, 1.82) is 0 Å². The van der Waals surface area contributed by atoms with Crippen LogP contribution in [0.3, 0.4) is 0 Å². The SMILES string of the molecule is Cc1noc2ncn(CC(=O)NC3CCCc4ccccc43)c(=O)c12. The van der Waals surface area contributed by atoms with E-state index in [0.29, 0.717) is 11.1 Å². The second-order valence-corrected chi connectivity index (χ2v) is 6.34. The van der Waals surface area contributed by atoms with Gasteiger partial charge in [-0.1, -0.05) is 29.4 Å². The van der Waals surface area contributed by atoms with Crippen molar-refractivity contribution in [3.8, 4) is 0 Å². The van der Waals surface area contributed by atoms with Crippen molar-refractivity contribution in [3.05, 3.63) is 57.8 Å². The van der Waals surface area contributed by atoms with Gasteiger partial charge in [-0.05, 0) is 37.3 Å². The zero-order valence-corrected chi connectivity index (χ0v) is 13.9. The van der Waals surface area contributed by atoms with E-state index in [1.54, 1.807) is 6.92 Å². The Kier molecular flexibility index (Phi) is 3.83. The monoisotopic (exact) mass is 338 g/mol. The molecule has 128 valence electrons. The highest BCUT2D eigenvalue weighted by molar-refractivity contribution is 5.78. The molecule has 0 fully saturated rings. The van der Waals surface area contributed by atoms with Gasteiger partial charge in [0.2, 0.25) is 5.91 Å². The van der Waals surface area contributed by atoms with Crippen LogP contribution < -0.4 is 10.9 Å². The number of hydrogen-bond donors (Lipinski definition) is 1. The molecule has 4 rings (SSSR count). The molecule has 3 aromatic rings. The zero-order valence-electron chi connectivity index (χ0n) is 13.9. The highest BCUT2D eigenvalue weighted by Crippen LogP contribution is 2.29. The van der Waals surface area contributed by atoms with E-state index in [0.717, 1.165) is 24.8 Å². The van der Waals surface area contributed by atoms with E-state index in [4.69, 9.17) is 4.52 Å². The number of nitrogens with one attached hydrogen (secondary N) is 1. The molecule has 1 aliphatic rings. The lowest BCUT2D eigenvalue weighted by Crippen LogP contribution is -2.36. The van der Waals surface area contributed by atoms with E-state index in [9.17, 15) is 9.59 Å². The molecule has 1 atom stereocenters. The van der Waals surface area contributed by atoms with Crippen LogP contribution in [-0.4, -0.2) is 20.6 Å². The topological polar surface area (TPSA) is 90.0 Å². The van der Waals surface area contributed by atoms with Gasteiger partial charge < -0.3 is 9.84 Å². The fourth-order valence-electron chi connectivity index (χ4n) is 3.42. The predicted molar refractivity (Wildman–Crippen MR) is 91.1 cm³/mol. The van der Waals surface area contributed by atoms with Gasteiger partial charge in [0, 0.05) is 0 Å². The van der Waals surface area contributed by atoms with Crippen molar-refractivity contribution in [2.45, 2.75) is 38.8 Å². The standard InChI is InChI=1S/C18H18N4O3/c1-11-16-17(25-21-11)19-10-22(18(16)24)9-15(23)20-14-8-4-6-12-5-2-3-7-13(12)14/h2-3,5,7,10,14H,4,6,8-9H2,1H3,(H,20,23). The van der Waals surface area contributed by atoms with Crippen LogP contribution in [0.15, 0.2) is 39.9 Å². The molecule has 0 saturated carbocycles. The van der Waals surface area contributed by atoms with Crippen LogP contribution in [0.2, 0.25) is 0 Å². The third kappa shape index (κ3) is 2.82. The number of aromatic nitrogens is 3. The number of carbonyl (C=O) groups is 1. The van der Waals surface area contributed by atoms with Crippen molar-refractivity contribution in [2.24, 2.45) is 0 Å². The second-order valence-electron chi connectivity index (χ2n) is 6.34. The smallest absolute Gasteiger partial charge is 0.267 e. The summed E-state index contributed by atoms with van der Waals surface area (Å²) in [6.07, 6.45) is 4.30. The largest absolute Gasteiger partial charge is 0.348 e. The van der Waals surface area contributed by atoms with Crippen molar-refractivity contribution in [3.63, 3.8) is 0 Å². The first-order valence-electron chi connectivity index (χ1n) is 8.32. The summed E-state index contributed by atoms with van der Waals surface area (Å²) in [6.45, 7) is 1.60. The third-order valence-electron chi connectivity index (χ3n) is 4.65. The van der Waals surface area contributed by atoms with Gasteiger partial charge in [0.1, 0.15) is 18.3 Å². The lowest BCUT2D eigenvalue weighted by atomic mass is 9.88. The number of benzene rings is 1. The first-order chi connectivity index (χ1) is 12.1. The van der Waals surface area contributed by atoms with Crippen LogP contribution in [0.5, 0.6) is 0 Å². The number of amides is 1. The number of nitrogens with zero attached hydrogens (tertiary/aromatic N) is 3. The molecule has 1 N–H and O–H groups in total. The highest BCUT2D eigenvalue weighted by atomic mass is 16.5. The molecule has 0 spiro atoms. The van der Waals surface area contributed by atoms with Gasteiger partial charge in [-0.2, -0.15) is 0 Å². The summed E-state index contributed by atoms with van der Waals surface area (Å²) >= 11 is 0. The van der Waals surface area contributed by atoms with E-state index in [1.807, 2.05) is 12.1 Å². The van der Waals surface area contributed by atoms with Crippen molar-refractivity contribution in [1.82, 2.24) is 20.0 Å². The average molecular weight is 338 g/mol. The molecule has 1 unspecified atom stereocenters. The van der Waals surface area contributed by atoms with E-state index in [2.05, 4.69) is 27.6 Å². The molecule has 0 radical (unpaired) electrons. The number of aryl methyl sites for hydroxylation is 2. The summed E-state index contributed by atoms with van der Waals surface area (Å²) < 4.78 is 6.26. The molecule has 1 aromatic carbocycles. The summed E-state index contributed by atoms with van der Waals surface area (Å²) in [5.74, 6) is -0.209. The fraction of sp³-hybridized carbons (Fsp3) is 0.333. The fourth-order valence-corrected chi connectivity index (χ4v) is 3.42. The van der Waals surface area contributed by atoms with Crippen molar-refractivity contribution in [2.75, 3.05) is 0 Å². The van der Waals surface area contributed by atoms with Gasteiger partial charge in [0.15, 0.2) is 0 Å². The maximum Gasteiger partial charge on any atom is 0.267 e. The highest BCUT2D eigenvalue weighted by Gasteiger charge is 2.22. The molecule has 1 aliphatic carbocycles. The molecular weight excluding hydrogens is 320 g/mol. The van der Waals surface area contributed by atoms with Gasteiger partial charge in [0.05, 0.1) is 11.7 Å². The van der Waals surface area contributed by atoms with Crippen LogP contribution in [0.25, 0.3) is 11.1 Å². The predicted octanol–water partition coefficient (Wildman–Crippen LogP) is 1.89. The molecule has 25 heavy (non-hydrogen) atoms. The Labute approximate surface area is 143 Å². The molecule has 0 saturated heterocycles. The van der Waals surface area contributed by atoms with Crippen LogP contribution in [0.1, 0.15) is 35.7 Å². The summed E-state index contributed by atoms with van der Waals surface area (Å²) in [7, 11) is 0. The lowest BCUT2D eigenvalue weighted by Gasteiger charge is -2.26. The molecule has 0 aliphatic heterocycles. The minimum atomic E-state index is -0.317. The molecule has 2 aromatic heterocycles. The molecule has 1 amide bonds. The number of hydrogen-bond acceptors (Lipinski definition) is 5. The Bertz CT molecular complexity index is 1000. The average Bonchev–Trinajstić information content (AvgIpc) is 2.99.